The molecule has 0 saturated heterocycles. The van der Waals surface area contributed by atoms with Gasteiger partial charge in [-0.2, -0.15) is 5.10 Å². The van der Waals surface area contributed by atoms with E-state index in [1.165, 1.54) is 19.3 Å². The summed E-state index contributed by atoms with van der Waals surface area (Å²) in [5, 5.41) is 11.0. The first-order valence-electron chi connectivity index (χ1n) is 7.59. The van der Waals surface area contributed by atoms with Gasteiger partial charge >= 0.3 is 0 Å². The molecule has 0 aliphatic heterocycles. The van der Waals surface area contributed by atoms with E-state index in [4.69, 9.17) is 4.74 Å². The number of nitrogens with one attached hydrogen (secondary N) is 2. The van der Waals surface area contributed by atoms with Crippen molar-refractivity contribution in [3.05, 3.63) is 18.0 Å². The quantitative estimate of drug-likeness (QED) is 0.587. The molecule has 1 aromatic rings. The molecule has 0 radical (unpaired) electrons. The van der Waals surface area contributed by atoms with Crippen molar-refractivity contribution in [1.82, 2.24) is 20.4 Å². The standard InChI is InChI=1S/C15H27N5O/c1-16-14(17-11-13-5-9-19-20(13)2)18-12-15(6-4-7-15)8-10-21-3/h5,9H,4,6-8,10-12H2,1-3H3,(H2,16,17,18). The summed E-state index contributed by atoms with van der Waals surface area (Å²) >= 11 is 0. The second-order valence-electron chi connectivity index (χ2n) is 5.82. The van der Waals surface area contributed by atoms with Crippen LogP contribution < -0.4 is 10.6 Å². The average molecular weight is 293 g/mol. The highest BCUT2D eigenvalue weighted by Crippen LogP contribution is 2.43. The van der Waals surface area contributed by atoms with Crippen LogP contribution in [0.2, 0.25) is 0 Å². The highest BCUT2D eigenvalue weighted by atomic mass is 16.5. The van der Waals surface area contributed by atoms with E-state index in [1.807, 2.05) is 17.8 Å². The Bertz CT molecular complexity index is 464. The molecular formula is C15H27N5O. The lowest BCUT2D eigenvalue weighted by molar-refractivity contribution is 0.0732. The van der Waals surface area contributed by atoms with Crippen molar-refractivity contribution in [2.24, 2.45) is 17.5 Å². The molecule has 1 heterocycles. The van der Waals surface area contributed by atoms with Crippen LogP contribution in [0.4, 0.5) is 0 Å². The smallest absolute Gasteiger partial charge is 0.191 e. The number of ether oxygens (including phenoxy) is 1. The summed E-state index contributed by atoms with van der Waals surface area (Å²) in [5.41, 5.74) is 1.52. The van der Waals surface area contributed by atoms with Gasteiger partial charge in [0, 0.05) is 40.6 Å². The predicted octanol–water partition coefficient (Wildman–Crippen LogP) is 1.29. The van der Waals surface area contributed by atoms with Crippen LogP contribution in [0.3, 0.4) is 0 Å². The normalized spacial score (nSPS) is 17.4. The van der Waals surface area contributed by atoms with Crippen LogP contribution in [-0.2, 0) is 18.3 Å². The Morgan fingerprint density at radius 1 is 1.48 bits per heavy atom. The Morgan fingerprint density at radius 2 is 2.29 bits per heavy atom. The molecule has 2 N–H and O–H groups in total. The number of aromatic nitrogens is 2. The SMILES string of the molecule is CN=C(NCc1ccnn1C)NCC1(CCOC)CCC1. The fourth-order valence-electron chi connectivity index (χ4n) is 2.75. The summed E-state index contributed by atoms with van der Waals surface area (Å²) in [6, 6.07) is 2.01. The third kappa shape index (κ3) is 4.20. The molecule has 0 bridgehead atoms. The second kappa shape index (κ2) is 7.45. The van der Waals surface area contributed by atoms with E-state index >= 15 is 0 Å². The Balaban J connectivity index is 1.78. The molecule has 1 fully saturated rings. The zero-order valence-corrected chi connectivity index (χ0v) is 13.4. The van der Waals surface area contributed by atoms with Crippen molar-refractivity contribution in [3.63, 3.8) is 0 Å². The van der Waals surface area contributed by atoms with Gasteiger partial charge in [0.1, 0.15) is 0 Å². The summed E-state index contributed by atoms with van der Waals surface area (Å²) in [6.07, 6.45) is 6.81. The summed E-state index contributed by atoms with van der Waals surface area (Å²) in [6.45, 7) is 2.52. The lowest BCUT2D eigenvalue weighted by Crippen LogP contribution is -2.46. The van der Waals surface area contributed by atoms with Crippen molar-refractivity contribution in [2.75, 3.05) is 27.3 Å². The highest BCUT2D eigenvalue weighted by Gasteiger charge is 2.36. The van der Waals surface area contributed by atoms with E-state index in [9.17, 15) is 0 Å². The molecule has 6 heteroatoms. The number of rotatable bonds is 7. The van der Waals surface area contributed by atoms with E-state index in [1.54, 1.807) is 20.4 Å². The highest BCUT2D eigenvalue weighted by molar-refractivity contribution is 5.79. The van der Waals surface area contributed by atoms with Gasteiger partial charge in [-0.05, 0) is 30.7 Å². The summed E-state index contributed by atoms with van der Waals surface area (Å²) in [5.74, 6) is 0.847. The van der Waals surface area contributed by atoms with Crippen LogP contribution in [0.5, 0.6) is 0 Å². The molecule has 0 amide bonds. The monoisotopic (exact) mass is 293 g/mol. The van der Waals surface area contributed by atoms with Crippen molar-refractivity contribution in [1.29, 1.82) is 0 Å². The number of aryl methyl sites for hydroxylation is 1. The zero-order chi connectivity index (χ0) is 15.1. The van der Waals surface area contributed by atoms with Gasteiger partial charge in [0.05, 0.1) is 12.2 Å². The minimum atomic E-state index is 0.389. The molecule has 1 saturated carbocycles. The maximum absolute atomic E-state index is 5.23. The molecule has 118 valence electrons. The Labute approximate surface area is 127 Å². The van der Waals surface area contributed by atoms with Crippen LogP contribution in [0.1, 0.15) is 31.4 Å². The van der Waals surface area contributed by atoms with E-state index in [0.29, 0.717) is 5.41 Å². The number of aliphatic imine (C=N–C) groups is 1. The van der Waals surface area contributed by atoms with Crippen LogP contribution in [-0.4, -0.2) is 43.0 Å². The Kier molecular flexibility index (Phi) is 5.61. The van der Waals surface area contributed by atoms with Gasteiger partial charge < -0.3 is 15.4 Å². The van der Waals surface area contributed by atoms with Crippen LogP contribution >= 0.6 is 0 Å². The van der Waals surface area contributed by atoms with Crippen molar-refractivity contribution in [2.45, 2.75) is 32.2 Å². The first-order valence-corrected chi connectivity index (χ1v) is 7.59. The largest absolute Gasteiger partial charge is 0.385 e. The van der Waals surface area contributed by atoms with Gasteiger partial charge in [0.25, 0.3) is 0 Å². The third-order valence-electron chi connectivity index (χ3n) is 4.46. The molecule has 1 aliphatic carbocycles. The van der Waals surface area contributed by atoms with Gasteiger partial charge in [-0.3, -0.25) is 9.67 Å². The minimum absolute atomic E-state index is 0.389. The molecular weight excluding hydrogens is 266 g/mol. The number of hydrogen-bond donors (Lipinski definition) is 2. The van der Waals surface area contributed by atoms with Crippen LogP contribution in [0, 0.1) is 5.41 Å². The molecule has 2 rings (SSSR count). The minimum Gasteiger partial charge on any atom is -0.385 e. The van der Waals surface area contributed by atoms with Gasteiger partial charge in [-0.15, -0.1) is 0 Å². The summed E-state index contributed by atoms with van der Waals surface area (Å²) in [7, 11) is 5.52. The first-order chi connectivity index (χ1) is 10.2. The Morgan fingerprint density at radius 3 is 2.81 bits per heavy atom. The zero-order valence-electron chi connectivity index (χ0n) is 13.4. The van der Waals surface area contributed by atoms with Crippen molar-refractivity contribution in [3.8, 4) is 0 Å². The van der Waals surface area contributed by atoms with E-state index < -0.39 is 0 Å². The second-order valence-corrected chi connectivity index (χ2v) is 5.82. The lowest BCUT2D eigenvalue weighted by Gasteiger charge is -2.42. The van der Waals surface area contributed by atoms with Crippen LogP contribution in [0.15, 0.2) is 17.3 Å². The number of guanidine groups is 1. The number of hydrogen-bond acceptors (Lipinski definition) is 3. The van der Waals surface area contributed by atoms with Gasteiger partial charge in [-0.25, -0.2) is 0 Å². The molecule has 0 atom stereocenters. The summed E-state index contributed by atoms with van der Waals surface area (Å²) in [4.78, 5) is 4.29. The lowest BCUT2D eigenvalue weighted by atomic mass is 9.67. The van der Waals surface area contributed by atoms with Gasteiger partial charge in [0.15, 0.2) is 5.96 Å². The maximum atomic E-state index is 5.23. The number of methoxy groups -OCH3 is 1. The van der Waals surface area contributed by atoms with E-state index in [0.717, 1.165) is 37.8 Å². The molecule has 21 heavy (non-hydrogen) atoms. The average Bonchev–Trinajstić information content (AvgIpc) is 2.86. The fraction of sp³-hybridized carbons (Fsp3) is 0.733. The summed E-state index contributed by atoms with van der Waals surface area (Å²) < 4.78 is 7.10. The topological polar surface area (TPSA) is 63.5 Å². The first kappa shape index (κ1) is 15.8. The molecule has 1 aromatic heterocycles. The molecule has 0 aromatic carbocycles. The van der Waals surface area contributed by atoms with Crippen LogP contribution in [0.25, 0.3) is 0 Å². The van der Waals surface area contributed by atoms with E-state index in [2.05, 4.69) is 20.7 Å². The fourth-order valence-corrected chi connectivity index (χ4v) is 2.75. The molecule has 1 aliphatic rings. The van der Waals surface area contributed by atoms with Crippen molar-refractivity contribution < 1.29 is 4.74 Å². The third-order valence-corrected chi connectivity index (χ3v) is 4.46. The predicted molar refractivity (Wildman–Crippen MR) is 84.2 cm³/mol. The maximum Gasteiger partial charge on any atom is 0.191 e. The molecule has 0 spiro atoms. The molecule has 6 nitrogen and oxygen atoms in total. The van der Waals surface area contributed by atoms with Gasteiger partial charge in [0.2, 0.25) is 0 Å². The molecule has 0 unspecified atom stereocenters. The van der Waals surface area contributed by atoms with Crippen molar-refractivity contribution >= 4 is 5.96 Å². The van der Waals surface area contributed by atoms with Gasteiger partial charge in [-0.1, -0.05) is 6.42 Å². The number of nitrogens with zero attached hydrogens (tertiary/aromatic N) is 3. The van der Waals surface area contributed by atoms with E-state index in [-0.39, 0.29) is 0 Å². The Hall–Kier alpha value is -1.56.